The van der Waals surface area contributed by atoms with Gasteiger partial charge in [0, 0.05) is 31.7 Å². The van der Waals surface area contributed by atoms with Crippen LogP contribution in [0.25, 0.3) is 0 Å². The number of aliphatic hydroxyl groups excluding tert-OH is 1. The van der Waals surface area contributed by atoms with Gasteiger partial charge in [0.2, 0.25) is 0 Å². The lowest BCUT2D eigenvalue weighted by molar-refractivity contribution is 0.177. The molecule has 1 heterocycles. The summed E-state index contributed by atoms with van der Waals surface area (Å²) in [7, 11) is 0. The van der Waals surface area contributed by atoms with E-state index in [1.165, 1.54) is 0 Å². The van der Waals surface area contributed by atoms with Gasteiger partial charge in [-0.05, 0) is 30.6 Å². The largest absolute Gasteiger partial charge is 0.396 e. The number of urea groups is 1. The van der Waals surface area contributed by atoms with Gasteiger partial charge in [0.05, 0.1) is 0 Å². The van der Waals surface area contributed by atoms with E-state index >= 15 is 0 Å². The number of likely N-dealkylation sites (tertiary alicyclic amines) is 1. The molecule has 20 heavy (non-hydrogen) atoms. The minimum atomic E-state index is 0.0321. The fraction of sp³-hybridized carbons (Fsp3) is 0.938. The summed E-state index contributed by atoms with van der Waals surface area (Å²) in [5.41, 5.74) is 0.0701. The summed E-state index contributed by atoms with van der Waals surface area (Å²) >= 11 is 0. The Morgan fingerprint density at radius 1 is 1.35 bits per heavy atom. The lowest BCUT2D eigenvalue weighted by Crippen LogP contribution is -2.49. The molecule has 0 aromatic rings. The number of carbonyl (C=O) groups excluding carboxylic acids is 1. The van der Waals surface area contributed by atoms with Crippen LogP contribution in [0.2, 0.25) is 0 Å². The average Bonchev–Trinajstić information content (AvgIpc) is 2.81. The van der Waals surface area contributed by atoms with Crippen LogP contribution in [0.3, 0.4) is 0 Å². The molecule has 2 amide bonds. The Labute approximate surface area is 123 Å². The standard InChI is InChI=1S/C16H32N2O2/c1-12(2)6-7-14(16(3,4)5)17-15(20)18-9-8-13(10-18)11-19/h12-14,19H,6-11H2,1-5H3,(H,17,20). The fourth-order valence-electron chi connectivity index (χ4n) is 2.63. The van der Waals surface area contributed by atoms with Crippen molar-refractivity contribution in [3.05, 3.63) is 0 Å². The molecule has 0 bridgehead atoms. The smallest absolute Gasteiger partial charge is 0.317 e. The quantitative estimate of drug-likeness (QED) is 0.815. The molecular weight excluding hydrogens is 252 g/mol. The third kappa shape index (κ3) is 5.31. The van der Waals surface area contributed by atoms with Crippen molar-refractivity contribution < 1.29 is 9.90 Å². The number of nitrogens with zero attached hydrogens (tertiary/aromatic N) is 1. The summed E-state index contributed by atoms with van der Waals surface area (Å²) in [6.45, 7) is 12.6. The molecule has 0 saturated carbocycles. The Morgan fingerprint density at radius 2 is 2.00 bits per heavy atom. The monoisotopic (exact) mass is 284 g/mol. The van der Waals surface area contributed by atoms with Crippen LogP contribution >= 0.6 is 0 Å². The van der Waals surface area contributed by atoms with Crippen LogP contribution in [-0.4, -0.2) is 41.8 Å². The summed E-state index contributed by atoms with van der Waals surface area (Å²) in [5, 5.41) is 12.4. The van der Waals surface area contributed by atoms with E-state index in [4.69, 9.17) is 5.11 Å². The summed E-state index contributed by atoms with van der Waals surface area (Å²) in [4.78, 5) is 14.2. The second kappa shape index (κ2) is 7.30. The summed E-state index contributed by atoms with van der Waals surface area (Å²) in [6, 6.07) is 0.232. The lowest BCUT2D eigenvalue weighted by atomic mass is 9.83. The average molecular weight is 284 g/mol. The third-order valence-electron chi connectivity index (χ3n) is 4.21. The maximum atomic E-state index is 12.3. The minimum absolute atomic E-state index is 0.0321. The van der Waals surface area contributed by atoms with E-state index in [9.17, 15) is 4.79 Å². The molecule has 1 rings (SSSR count). The Morgan fingerprint density at radius 3 is 2.45 bits per heavy atom. The maximum Gasteiger partial charge on any atom is 0.317 e. The number of hydrogen-bond donors (Lipinski definition) is 2. The van der Waals surface area contributed by atoms with Gasteiger partial charge in [-0.1, -0.05) is 34.6 Å². The molecule has 1 fully saturated rings. The van der Waals surface area contributed by atoms with Crippen molar-refractivity contribution in [2.45, 2.75) is 59.9 Å². The second-order valence-corrected chi connectivity index (χ2v) is 7.62. The Kier molecular flexibility index (Phi) is 6.31. The van der Waals surface area contributed by atoms with E-state index in [0.717, 1.165) is 25.8 Å². The Hall–Kier alpha value is -0.770. The van der Waals surface area contributed by atoms with E-state index in [2.05, 4.69) is 39.9 Å². The van der Waals surface area contributed by atoms with Crippen molar-refractivity contribution in [3.8, 4) is 0 Å². The van der Waals surface area contributed by atoms with E-state index in [1.807, 2.05) is 4.90 Å². The first kappa shape index (κ1) is 17.3. The van der Waals surface area contributed by atoms with Crippen molar-refractivity contribution in [3.63, 3.8) is 0 Å². The van der Waals surface area contributed by atoms with Gasteiger partial charge in [-0.3, -0.25) is 0 Å². The van der Waals surface area contributed by atoms with E-state index in [0.29, 0.717) is 12.5 Å². The normalized spacial score (nSPS) is 21.4. The number of hydrogen-bond acceptors (Lipinski definition) is 2. The summed E-state index contributed by atoms with van der Waals surface area (Å²) in [6.07, 6.45) is 3.06. The molecule has 0 aliphatic carbocycles. The maximum absolute atomic E-state index is 12.3. The molecule has 0 aromatic carbocycles. The van der Waals surface area contributed by atoms with Gasteiger partial charge in [0.25, 0.3) is 0 Å². The molecule has 0 aromatic heterocycles. The highest BCUT2D eigenvalue weighted by Gasteiger charge is 2.30. The molecule has 2 N–H and O–H groups in total. The van der Waals surface area contributed by atoms with E-state index in [-0.39, 0.29) is 30.0 Å². The summed E-state index contributed by atoms with van der Waals surface area (Å²) in [5.74, 6) is 0.909. The van der Waals surface area contributed by atoms with Crippen LogP contribution in [0.4, 0.5) is 4.79 Å². The molecule has 0 radical (unpaired) electrons. The first-order valence-electron chi connectivity index (χ1n) is 7.90. The molecule has 4 nitrogen and oxygen atoms in total. The van der Waals surface area contributed by atoms with Crippen LogP contribution in [0, 0.1) is 17.3 Å². The zero-order valence-electron chi connectivity index (χ0n) is 13.8. The SMILES string of the molecule is CC(C)CCC(NC(=O)N1CCC(CO)C1)C(C)(C)C. The van der Waals surface area contributed by atoms with Crippen molar-refractivity contribution in [2.24, 2.45) is 17.3 Å². The van der Waals surface area contributed by atoms with E-state index in [1.54, 1.807) is 0 Å². The van der Waals surface area contributed by atoms with Crippen LogP contribution in [0.5, 0.6) is 0 Å². The van der Waals surface area contributed by atoms with Gasteiger partial charge < -0.3 is 15.3 Å². The minimum Gasteiger partial charge on any atom is -0.396 e. The summed E-state index contributed by atoms with van der Waals surface area (Å²) < 4.78 is 0. The molecule has 2 unspecified atom stereocenters. The number of nitrogens with one attached hydrogen (secondary N) is 1. The van der Waals surface area contributed by atoms with Crippen LogP contribution in [0.1, 0.15) is 53.9 Å². The van der Waals surface area contributed by atoms with Crippen molar-refractivity contribution >= 4 is 6.03 Å². The molecule has 1 aliphatic rings. The van der Waals surface area contributed by atoms with Gasteiger partial charge in [-0.15, -0.1) is 0 Å². The first-order chi connectivity index (χ1) is 9.24. The molecule has 1 aliphatic heterocycles. The number of rotatable bonds is 5. The highest BCUT2D eigenvalue weighted by atomic mass is 16.3. The van der Waals surface area contributed by atoms with Crippen LogP contribution in [-0.2, 0) is 0 Å². The number of carbonyl (C=O) groups is 1. The van der Waals surface area contributed by atoms with Crippen molar-refractivity contribution in [2.75, 3.05) is 19.7 Å². The lowest BCUT2D eigenvalue weighted by Gasteiger charge is -2.33. The van der Waals surface area contributed by atoms with Crippen LogP contribution < -0.4 is 5.32 Å². The van der Waals surface area contributed by atoms with Gasteiger partial charge in [0.15, 0.2) is 0 Å². The zero-order chi connectivity index (χ0) is 15.3. The van der Waals surface area contributed by atoms with Gasteiger partial charge in [-0.2, -0.15) is 0 Å². The third-order valence-corrected chi connectivity index (χ3v) is 4.21. The highest BCUT2D eigenvalue weighted by Crippen LogP contribution is 2.25. The predicted octanol–water partition coefficient (Wildman–Crippen LogP) is 2.86. The molecule has 2 atom stereocenters. The Balaban J connectivity index is 2.54. The predicted molar refractivity (Wildman–Crippen MR) is 82.6 cm³/mol. The Bertz CT molecular complexity index is 310. The van der Waals surface area contributed by atoms with Crippen molar-refractivity contribution in [1.29, 1.82) is 0 Å². The topological polar surface area (TPSA) is 52.6 Å². The second-order valence-electron chi connectivity index (χ2n) is 7.62. The highest BCUT2D eigenvalue weighted by molar-refractivity contribution is 5.74. The fourth-order valence-corrected chi connectivity index (χ4v) is 2.63. The molecular formula is C16H32N2O2. The molecule has 118 valence electrons. The number of amides is 2. The van der Waals surface area contributed by atoms with E-state index < -0.39 is 0 Å². The van der Waals surface area contributed by atoms with Gasteiger partial charge in [0.1, 0.15) is 0 Å². The van der Waals surface area contributed by atoms with Gasteiger partial charge >= 0.3 is 6.03 Å². The molecule has 1 saturated heterocycles. The van der Waals surface area contributed by atoms with Crippen molar-refractivity contribution in [1.82, 2.24) is 10.2 Å². The first-order valence-corrected chi connectivity index (χ1v) is 7.90. The van der Waals surface area contributed by atoms with Crippen LogP contribution in [0.15, 0.2) is 0 Å². The number of aliphatic hydroxyl groups is 1. The molecule has 4 heteroatoms. The zero-order valence-corrected chi connectivity index (χ0v) is 13.8. The van der Waals surface area contributed by atoms with Gasteiger partial charge in [-0.25, -0.2) is 4.79 Å². The molecule has 0 spiro atoms.